The highest BCUT2D eigenvalue weighted by molar-refractivity contribution is 8.01. The van der Waals surface area contributed by atoms with Crippen molar-refractivity contribution in [1.82, 2.24) is 20.9 Å². The quantitative estimate of drug-likeness (QED) is 0.272. The minimum absolute atomic E-state index is 0.0684. The number of likely N-dealkylation sites (tertiary alicyclic amines) is 1. The molecule has 2 rings (SSSR count). The summed E-state index contributed by atoms with van der Waals surface area (Å²) in [5.74, 6) is -1.23. The van der Waals surface area contributed by atoms with Crippen LogP contribution in [0.2, 0.25) is 0 Å². The SMILES string of the molecule is CC(C)CC1=CCC=C(NC(=O)[C@H](C)NC(=O)[C@@H](NC(=O)CCCN2C(=O)CC(SC(C)C)C2=O)C(C)C)C=C1. The molecular weight excluding hydrogens is 528 g/mol. The van der Waals surface area contributed by atoms with E-state index in [4.69, 9.17) is 0 Å². The summed E-state index contributed by atoms with van der Waals surface area (Å²) in [7, 11) is 0. The van der Waals surface area contributed by atoms with Gasteiger partial charge in [-0.3, -0.25) is 28.9 Å². The number of carbonyl (C=O) groups excluding carboxylic acids is 5. The van der Waals surface area contributed by atoms with Gasteiger partial charge in [-0.25, -0.2) is 0 Å². The van der Waals surface area contributed by atoms with Crippen LogP contribution in [0.4, 0.5) is 0 Å². The molecule has 2 aliphatic rings. The van der Waals surface area contributed by atoms with Crippen LogP contribution >= 0.6 is 11.8 Å². The Morgan fingerprint density at radius 1 is 0.975 bits per heavy atom. The molecule has 3 atom stereocenters. The van der Waals surface area contributed by atoms with Crippen LogP contribution in [0, 0.1) is 11.8 Å². The molecule has 0 saturated carbocycles. The third kappa shape index (κ3) is 10.6. The van der Waals surface area contributed by atoms with Gasteiger partial charge in [0.05, 0.1) is 5.25 Å². The molecular formula is C30H46N4O5S. The van der Waals surface area contributed by atoms with Crippen LogP contribution < -0.4 is 16.0 Å². The Kier molecular flexibility index (Phi) is 13.2. The highest BCUT2D eigenvalue weighted by Gasteiger charge is 2.39. The van der Waals surface area contributed by atoms with Gasteiger partial charge in [0.15, 0.2) is 0 Å². The zero-order chi connectivity index (χ0) is 30.0. The van der Waals surface area contributed by atoms with Crippen LogP contribution in [-0.2, 0) is 24.0 Å². The maximum atomic E-state index is 13.0. The Morgan fingerprint density at radius 3 is 2.30 bits per heavy atom. The number of rotatable bonds is 14. The van der Waals surface area contributed by atoms with Gasteiger partial charge in [-0.2, -0.15) is 0 Å². The number of hydrogen-bond donors (Lipinski definition) is 3. The lowest BCUT2D eigenvalue weighted by Gasteiger charge is -2.24. The fourth-order valence-corrected chi connectivity index (χ4v) is 5.65. The summed E-state index contributed by atoms with van der Waals surface area (Å²) in [6.07, 6.45) is 10.2. The monoisotopic (exact) mass is 574 g/mol. The van der Waals surface area contributed by atoms with Gasteiger partial charge in [0.1, 0.15) is 12.1 Å². The van der Waals surface area contributed by atoms with E-state index in [1.54, 1.807) is 6.92 Å². The zero-order valence-corrected chi connectivity index (χ0v) is 25.7. The number of imide groups is 1. The van der Waals surface area contributed by atoms with E-state index in [9.17, 15) is 24.0 Å². The van der Waals surface area contributed by atoms with E-state index in [-0.39, 0.29) is 59.4 Å². The molecule has 0 bridgehead atoms. The molecule has 0 aromatic carbocycles. The lowest BCUT2D eigenvalue weighted by molar-refractivity contribution is -0.138. The van der Waals surface area contributed by atoms with E-state index in [1.165, 1.54) is 22.2 Å². The standard InChI is InChI=1S/C30H46N4O5S/c1-18(2)16-22-10-8-11-23(14-13-22)32-28(37)21(7)31-29(38)27(19(3)4)33-25(35)12-9-15-34-26(36)17-24(30(34)39)40-20(5)6/h10-11,13-14,18-21,24,27H,8-9,12,15-17H2,1-7H3,(H,31,38)(H,32,37)(H,33,35)/t21-,24?,27-/m0/s1. The van der Waals surface area contributed by atoms with Gasteiger partial charge < -0.3 is 16.0 Å². The first kappa shape index (κ1) is 33.3. The van der Waals surface area contributed by atoms with Crippen molar-refractivity contribution in [3.05, 3.63) is 35.6 Å². The average Bonchev–Trinajstić information content (AvgIpc) is 2.98. The van der Waals surface area contributed by atoms with Crippen molar-refractivity contribution in [1.29, 1.82) is 0 Å². The van der Waals surface area contributed by atoms with Gasteiger partial charge in [-0.1, -0.05) is 65.3 Å². The highest BCUT2D eigenvalue weighted by atomic mass is 32.2. The molecule has 1 unspecified atom stereocenters. The van der Waals surface area contributed by atoms with E-state index >= 15 is 0 Å². The van der Waals surface area contributed by atoms with Gasteiger partial charge in [-0.15, -0.1) is 11.8 Å². The van der Waals surface area contributed by atoms with Crippen molar-refractivity contribution >= 4 is 41.3 Å². The Morgan fingerprint density at radius 2 is 1.68 bits per heavy atom. The summed E-state index contributed by atoms with van der Waals surface area (Å²) in [6.45, 7) is 13.7. The van der Waals surface area contributed by atoms with Crippen LogP contribution in [0.25, 0.3) is 0 Å². The number of amides is 5. The van der Waals surface area contributed by atoms with E-state index in [0.29, 0.717) is 24.5 Å². The zero-order valence-electron chi connectivity index (χ0n) is 24.9. The molecule has 222 valence electrons. The molecule has 3 N–H and O–H groups in total. The number of hydrogen-bond acceptors (Lipinski definition) is 6. The molecule has 1 heterocycles. The highest BCUT2D eigenvalue weighted by Crippen LogP contribution is 2.28. The number of nitrogens with zero attached hydrogens (tertiary/aromatic N) is 1. The smallest absolute Gasteiger partial charge is 0.246 e. The molecule has 0 spiro atoms. The Labute approximate surface area is 243 Å². The Bertz CT molecular complexity index is 1050. The molecule has 0 aromatic rings. The van der Waals surface area contributed by atoms with Crippen LogP contribution in [0.15, 0.2) is 35.6 Å². The summed E-state index contributed by atoms with van der Waals surface area (Å²) < 4.78 is 0. The number of thioether (sulfide) groups is 1. The summed E-state index contributed by atoms with van der Waals surface area (Å²) >= 11 is 1.48. The fourth-order valence-electron chi connectivity index (χ4n) is 4.51. The largest absolute Gasteiger partial charge is 0.344 e. The molecule has 0 radical (unpaired) electrons. The molecule has 5 amide bonds. The maximum Gasteiger partial charge on any atom is 0.246 e. The van der Waals surface area contributed by atoms with Crippen LogP contribution in [0.1, 0.15) is 80.6 Å². The second-order valence-electron chi connectivity index (χ2n) is 11.5. The van der Waals surface area contributed by atoms with Crippen molar-refractivity contribution in [2.75, 3.05) is 6.54 Å². The minimum Gasteiger partial charge on any atom is -0.344 e. The second-order valence-corrected chi connectivity index (χ2v) is 13.3. The van der Waals surface area contributed by atoms with E-state index in [1.807, 2.05) is 45.9 Å². The van der Waals surface area contributed by atoms with Crippen LogP contribution in [0.3, 0.4) is 0 Å². The summed E-state index contributed by atoms with van der Waals surface area (Å²) in [5.41, 5.74) is 1.90. The molecule has 1 fully saturated rings. The third-order valence-electron chi connectivity index (χ3n) is 6.55. The van der Waals surface area contributed by atoms with Crippen molar-refractivity contribution in [3.63, 3.8) is 0 Å². The molecule has 0 aromatic heterocycles. The van der Waals surface area contributed by atoms with Gasteiger partial charge in [0, 0.05) is 25.1 Å². The number of nitrogens with one attached hydrogen (secondary N) is 3. The van der Waals surface area contributed by atoms with Crippen LogP contribution in [-0.4, -0.2) is 63.6 Å². The van der Waals surface area contributed by atoms with Gasteiger partial charge >= 0.3 is 0 Å². The lowest BCUT2D eigenvalue weighted by atomic mass is 10.0. The van der Waals surface area contributed by atoms with Gasteiger partial charge in [-0.05, 0) is 49.3 Å². The minimum atomic E-state index is -0.829. The maximum absolute atomic E-state index is 13.0. The first-order valence-electron chi connectivity index (χ1n) is 14.3. The predicted octanol–water partition coefficient (Wildman–Crippen LogP) is 3.61. The van der Waals surface area contributed by atoms with Crippen molar-refractivity contribution in [2.24, 2.45) is 11.8 Å². The molecule has 1 aliphatic heterocycles. The Hall–Kier alpha value is -2.88. The van der Waals surface area contributed by atoms with Crippen molar-refractivity contribution in [2.45, 2.75) is 103 Å². The third-order valence-corrected chi connectivity index (χ3v) is 7.79. The van der Waals surface area contributed by atoms with E-state index in [0.717, 1.165) is 6.42 Å². The molecule has 9 nitrogen and oxygen atoms in total. The molecule has 10 heteroatoms. The molecule has 40 heavy (non-hydrogen) atoms. The summed E-state index contributed by atoms with van der Waals surface area (Å²) in [4.78, 5) is 64.4. The van der Waals surface area contributed by atoms with Gasteiger partial charge in [0.25, 0.3) is 0 Å². The van der Waals surface area contributed by atoms with E-state index in [2.05, 4.69) is 35.9 Å². The average molecular weight is 575 g/mol. The second kappa shape index (κ2) is 15.8. The summed E-state index contributed by atoms with van der Waals surface area (Å²) in [6, 6.07) is -1.64. The number of allylic oxidation sites excluding steroid dienone is 5. The molecule has 1 saturated heterocycles. The van der Waals surface area contributed by atoms with Crippen LogP contribution in [0.5, 0.6) is 0 Å². The normalized spacial score (nSPS) is 18.9. The van der Waals surface area contributed by atoms with E-state index < -0.39 is 18.0 Å². The van der Waals surface area contributed by atoms with Gasteiger partial charge in [0.2, 0.25) is 29.5 Å². The number of carbonyl (C=O) groups is 5. The topological polar surface area (TPSA) is 125 Å². The first-order valence-corrected chi connectivity index (χ1v) is 15.2. The lowest BCUT2D eigenvalue weighted by Crippen LogP contribution is -2.54. The molecule has 1 aliphatic carbocycles. The Balaban J connectivity index is 1.83. The summed E-state index contributed by atoms with van der Waals surface area (Å²) in [5, 5.41) is 8.20. The first-order chi connectivity index (χ1) is 18.8. The van der Waals surface area contributed by atoms with Crippen molar-refractivity contribution < 1.29 is 24.0 Å². The predicted molar refractivity (Wildman–Crippen MR) is 159 cm³/mol. The fraction of sp³-hybridized carbons (Fsp3) is 0.633. The van der Waals surface area contributed by atoms with Crippen molar-refractivity contribution in [3.8, 4) is 0 Å².